The minimum absolute atomic E-state index is 0.351. The average Bonchev–Trinajstić information content (AvgIpc) is 2.13. The molecule has 0 spiro atoms. The van der Waals surface area contributed by atoms with Crippen LogP contribution in [0.1, 0.15) is 20.8 Å². The lowest BCUT2D eigenvalue weighted by molar-refractivity contribution is 0.0636. The van der Waals surface area contributed by atoms with Crippen molar-refractivity contribution in [2.75, 3.05) is 11.6 Å². The molecule has 1 aromatic carbocycles. The molecule has 1 amide bonds. The number of ether oxygens (including phenoxy) is 1. The molecule has 0 saturated heterocycles. The van der Waals surface area contributed by atoms with Gasteiger partial charge in [0.2, 0.25) is 0 Å². The van der Waals surface area contributed by atoms with Crippen LogP contribution in [-0.4, -0.2) is 22.2 Å². The highest BCUT2D eigenvalue weighted by Gasteiger charge is 2.16. The molecule has 0 heterocycles. The van der Waals surface area contributed by atoms with Gasteiger partial charge in [0.25, 0.3) is 0 Å². The second-order valence-electron chi connectivity index (χ2n) is 4.73. The topological polar surface area (TPSA) is 55.4 Å². The SMILES string of the molecule is CS(=O)c1ccc(NC(=O)OC(C)(C)C)cc1Cl. The minimum Gasteiger partial charge on any atom is -0.444 e. The largest absolute Gasteiger partial charge is 0.444 e. The molecule has 0 aliphatic rings. The summed E-state index contributed by atoms with van der Waals surface area (Å²) in [6.07, 6.45) is 0.992. The van der Waals surface area contributed by atoms with Crippen molar-refractivity contribution < 1.29 is 13.7 Å². The Kier molecular flexibility index (Phi) is 4.76. The van der Waals surface area contributed by atoms with Crippen molar-refractivity contribution in [2.45, 2.75) is 31.3 Å². The molecule has 0 aliphatic heterocycles. The lowest BCUT2D eigenvalue weighted by Gasteiger charge is -2.19. The first-order valence-electron chi connectivity index (χ1n) is 5.32. The van der Waals surface area contributed by atoms with E-state index in [1.807, 2.05) is 0 Å². The van der Waals surface area contributed by atoms with Crippen LogP contribution in [0.25, 0.3) is 0 Å². The summed E-state index contributed by atoms with van der Waals surface area (Å²) in [5.41, 5.74) is -0.0536. The van der Waals surface area contributed by atoms with Crippen molar-refractivity contribution in [3.8, 4) is 0 Å². The maximum atomic E-state index is 11.5. The van der Waals surface area contributed by atoms with Crippen LogP contribution in [0.5, 0.6) is 0 Å². The normalized spacial score (nSPS) is 12.9. The van der Waals surface area contributed by atoms with Gasteiger partial charge >= 0.3 is 6.09 Å². The zero-order valence-corrected chi connectivity index (χ0v) is 12.3. The molecule has 6 heteroatoms. The summed E-state index contributed by atoms with van der Waals surface area (Å²) in [5.74, 6) is 0. The number of anilines is 1. The third-order valence-electron chi connectivity index (χ3n) is 1.89. The number of benzene rings is 1. The van der Waals surface area contributed by atoms with E-state index in [2.05, 4.69) is 5.32 Å². The molecule has 0 aromatic heterocycles. The van der Waals surface area contributed by atoms with Crippen LogP contribution >= 0.6 is 11.6 Å². The average molecular weight is 290 g/mol. The van der Waals surface area contributed by atoms with Crippen molar-refractivity contribution in [3.05, 3.63) is 23.2 Å². The van der Waals surface area contributed by atoms with Gasteiger partial charge in [-0.25, -0.2) is 4.79 Å². The molecule has 1 N–H and O–H groups in total. The number of nitrogens with one attached hydrogen (secondary N) is 1. The number of halogens is 1. The Balaban J connectivity index is 2.78. The molecule has 0 radical (unpaired) electrons. The minimum atomic E-state index is -1.15. The van der Waals surface area contributed by atoms with E-state index < -0.39 is 22.5 Å². The van der Waals surface area contributed by atoms with Crippen LogP contribution in [-0.2, 0) is 15.5 Å². The number of hydrogen-bond donors (Lipinski definition) is 1. The summed E-state index contributed by atoms with van der Waals surface area (Å²) in [6, 6.07) is 4.79. The second kappa shape index (κ2) is 5.71. The number of rotatable bonds is 2. The summed E-state index contributed by atoms with van der Waals surface area (Å²) in [7, 11) is -1.15. The van der Waals surface area contributed by atoms with Crippen molar-refractivity contribution >= 4 is 34.2 Å². The van der Waals surface area contributed by atoms with Gasteiger partial charge in [-0.2, -0.15) is 0 Å². The van der Waals surface area contributed by atoms with E-state index in [0.29, 0.717) is 15.6 Å². The quantitative estimate of drug-likeness (QED) is 0.907. The highest BCUT2D eigenvalue weighted by molar-refractivity contribution is 7.84. The van der Waals surface area contributed by atoms with Gasteiger partial charge in [0.05, 0.1) is 20.7 Å². The van der Waals surface area contributed by atoms with Crippen LogP contribution in [0.15, 0.2) is 23.1 Å². The van der Waals surface area contributed by atoms with Gasteiger partial charge in [-0.1, -0.05) is 11.6 Å². The molecule has 0 aliphatic carbocycles. The molecule has 0 bridgehead atoms. The summed E-state index contributed by atoms with van der Waals surface area (Å²) >= 11 is 5.96. The van der Waals surface area contributed by atoms with Crippen LogP contribution in [0, 0.1) is 0 Å². The Morgan fingerprint density at radius 3 is 2.44 bits per heavy atom. The number of carbonyl (C=O) groups is 1. The molecule has 100 valence electrons. The molecule has 0 saturated carbocycles. The van der Waals surface area contributed by atoms with Gasteiger partial charge in [-0.05, 0) is 39.0 Å². The number of carbonyl (C=O) groups excluding carboxylic acids is 1. The summed E-state index contributed by atoms with van der Waals surface area (Å²) < 4.78 is 16.4. The molecule has 1 atom stereocenters. The van der Waals surface area contributed by atoms with E-state index in [0.717, 1.165) is 0 Å². The Labute approximate surface area is 114 Å². The highest BCUT2D eigenvalue weighted by atomic mass is 35.5. The van der Waals surface area contributed by atoms with E-state index in [1.54, 1.807) is 45.2 Å². The van der Waals surface area contributed by atoms with Crippen LogP contribution in [0.3, 0.4) is 0 Å². The molecular weight excluding hydrogens is 274 g/mol. The van der Waals surface area contributed by atoms with Gasteiger partial charge in [0, 0.05) is 11.9 Å². The van der Waals surface area contributed by atoms with Crippen molar-refractivity contribution in [1.29, 1.82) is 0 Å². The summed E-state index contributed by atoms with van der Waals surface area (Å²) in [6.45, 7) is 5.34. The van der Waals surface area contributed by atoms with Crippen molar-refractivity contribution in [2.24, 2.45) is 0 Å². The molecule has 1 unspecified atom stereocenters. The monoisotopic (exact) mass is 289 g/mol. The number of hydrogen-bond acceptors (Lipinski definition) is 3. The van der Waals surface area contributed by atoms with E-state index in [4.69, 9.17) is 16.3 Å². The maximum Gasteiger partial charge on any atom is 0.412 e. The first-order valence-corrected chi connectivity index (χ1v) is 7.25. The predicted octanol–water partition coefficient (Wildman–Crippen LogP) is 3.42. The summed E-state index contributed by atoms with van der Waals surface area (Å²) in [5, 5.41) is 2.91. The van der Waals surface area contributed by atoms with Crippen LogP contribution < -0.4 is 5.32 Å². The molecule has 1 rings (SSSR count). The Bertz CT molecular complexity index is 483. The van der Waals surface area contributed by atoms with E-state index in [9.17, 15) is 9.00 Å². The third kappa shape index (κ3) is 4.66. The van der Waals surface area contributed by atoms with Gasteiger partial charge in [0.15, 0.2) is 0 Å². The van der Waals surface area contributed by atoms with Gasteiger partial charge in [0.1, 0.15) is 5.60 Å². The highest BCUT2D eigenvalue weighted by Crippen LogP contribution is 2.23. The zero-order valence-electron chi connectivity index (χ0n) is 10.7. The van der Waals surface area contributed by atoms with Crippen LogP contribution in [0.4, 0.5) is 10.5 Å². The molecular formula is C12H16ClNO3S. The Hall–Kier alpha value is -1.07. The fourth-order valence-corrected chi connectivity index (χ4v) is 2.33. The van der Waals surface area contributed by atoms with E-state index in [-0.39, 0.29) is 0 Å². The van der Waals surface area contributed by atoms with Crippen molar-refractivity contribution in [3.63, 3.8) is 0 Å². The maximum absolute atomic E-state index is 11.5. The summed E-state index contributed by atoms with van der Waals surface area (Å²) in [4.78, 5) is 12.1. The molecule has 4 nitrogen and oxygen atoms in total. The first kappa shape index (κ1) is 15.0. The fourth-order valence-electron chi connectivity index (χ4n) is 1.23. The lowest BCUT2D eigenvalue weighted by Crippen LogP contribution is -2.27. The Morgan fingerprint density at radius 2 is 2.00 bits per heavy atom. The van der Waals surface area contributed by atoms with Gasteiger partial charge < -0.3 is 4.74 Å². The molecule has 18 heavy (non-hydrogen) atoms. The Morgan fingerprint density at radius 1 is 1.39 bits per heavy atom. The molecule has 0 fully saturated rings. The first-order chi connectivity index (χ1) is 8.19. The van der Waals surface area contributed by atoms with Gasteiger partial charge in [-0.3, -0.25) is 9.53 Å². The standard InChI is InChI=1S/C12H16ClNO3S/c1-12(2,3)17-11(15)14-8-5-6-10(18(4)16)9(13)7-8/h5-7H,1-4H3,(H,14,15). The van der Waals surface area contributed by atoms with Crippen molar-refractivity contribution in [1.82, 2.24) is 0 Å². The second-order valence-corrected chi connectivity index (χ2v) is 6.48. The fraction of sp³-hybridized carbons (Fsp3) is 0.417. The van der Waals surface area contributed by atoms with Gasteiger partial charge in [-0.15, -0.1) is 0 Å². The third-order valence-corrected chi connectivity index (χ3v) is 3.29. The zero-order chi connectivity index (χ0) is 13.9. The van der Waals surface area contributed by atoms with E-state index in [1.165, 1.54) is 0 Å². The molecule has 1 aromatic rings. The smallest absolute Gasteiger partial charge is 0.412 e. The predicted molar refractivity (Wildman–Crippen MR) is 73.6 cm³/mol. The lowest BCUT2D eigenvalue weighted by atomic mass is 10.2. The van der Waals surface area contributed by atoms with Crippen LogP contribution in [0.2, 0.25) is 5.02 Å². The van der Waals surface area contributed by atoms with E-state index >= 15 is 0 Å². The number of amides is 1.